The highest BCUT2D eigenvalue weighted by Crippen LogP contribution is 2.27. The van der Waals surface area contributed by atoms with Crippen LogP contribution < -0.4 is 0 Å². The van der Waals surface area contributed by atoms with E-state index in [1.54, 1.807) is 0 Å². The van der Waals surface area contributed by atoms with E-state index in [2.05, 4.69) is 4.90 Å². The van der Waals surface area contributed by atoms with E-state index in [-0.39, 0.29) is 0 Å². The third-order valence-electron chi connectivity index (χ3n) is 2.89. The average Bonchev–Trinajstić information content (AvgIpc) is 2.64. The molecule has 2 rings (SSSR count). The van der Waals surface area contributed by atoms with E-state index in [0.29, 0.717) is 25.1 Å². The number of hydrogen-bond acceptors (Lipinski definition) is 2. The minimum atomic E-state index is -0.649. The van der Waals surface area contributed by atoms with Gasteiger partial charge in [0.05, 0.1) is 12.7 Å². The number of halogens is 1. The summed E-state index contributed by atoms with van der Waals surface area (Å²) in [7, 11) is 0. The second kappa shape index (κ2) is 3.30. The van der Waals surface area contributed by atoms with Crippen LogP contribution in [0.4, 0.5) is 4.39 Å². The Kier molecular flexibility index (Phi) is 2.33. The normalized spacial score (nSPS) is 37.5. The molecule has 2 aliphatic rings. The molecule has 0 N–H and O–H groups in total. The van der Waals surface area contributed by atoms with Gasteiger partial charge < -0.3 is 4.74 Å². The third kappa shape index (κ3) is 1.48. The summed E-state index contributed by atoms with van der Waals surface area (Å²) in [5.74, 6) is 0. The van der Waals surface area contributed by atoms with Crippen LogP contribution in [0.25, 0.3) is 0 Å². The van der Waals surface area contributed by atoms with Gasteiger partial charge in [0.15, 0.2) is 0 Å². The SMILES string of the molecule is CCC(F)CN1CC2CC1CO2. The molecule has 2 fully saturated rings. The predicted octanol–water partition coefficient (Wildman–Crippen LogP) is 1.21. The standard InChI is InChI=1S/C9H16FNO/c1-2-7(10)4-11-5-9-3-8(11)6-12-9/h7-9H,2-6H2,1H3. The maximum Gasteiger partial charge on any atom is 0.112 e. The highest BCUT2D eigenvalue weighted by atomic mass is 19.1. The molecule has 0 aliphatic carbocycles. The van der Waals surface area contributed by atoms with Gasteiger partial charge in [0.1, 0.15) is 6.17 Å². The molecule has 0 radical (unpaired) electrons. The molecule has 2 aliphatic heterocycles. The largest absolute Gasteiger partial charge is 0.375 e. The Balaban J connectivity index is 1.82. The van der Waals surface area contributed by atoms with E-state index >= 15 is 0 Å². The van der Waals surface area contributed by atoms with E-state index in [1.807, 2.05) is 6.92 Å². The van der Waals surface area contributed by atoms with E-state index in [0.717, 1.165) is 19.6 Å². The number of hydrogen-bond donors (Lipinski definition) is 0. The lowest BCUT2D eigenvalue weighted by molar-refractivity contribution is 0.0209. The van der Waals surface area contributed by atoms with Crippen molar-refractivity contribution in [2.24, 2.45) is 0 Å². The lowest BCUT2D eigenvalue weighted by atomic mass is 10.2. The lowest BCUT2D eigenvalue weighted by Gasteiger charge is -2.27. The van der Waals surface area contributed by atoms with Crippen LogP contribution >= 0.6 is 0 Å². The molecule has 0 aromatic carbocycles. The first-order valence-electron chi connectivity index (χ1n) is 4.79. The van der Waals surface area contributed by atoms with Crippen LogP contribution in [0.1, 0.15) is 19.8 Å². The van der Waals surface area contributed by atoms with Crippen molar-refractivity contribution in [3.8, 4) is 0 Å². The molecule has 0 spiro atoms. The zero-order valence-corrected chi connectivity index (χ0v) is 7.50. The monoisotopic (exact) mass is 173 g/mol. The van der Waals surface area contributed by atoms with Crippen molar-refractivity contribution in [2.45, 2.75) is 38.1 Å². The quantitative estimate of drug-likeness (QED) is 0.636. The van der Waals surface area contributed by atoms with Gasteiger partial charge in [-0.05, 0) is 12.8 Å². The third-order valence-corrected chi connectivity index (χ3v) is 2.89. The number of nitrogens with zero attached hydrogens (tertiary/aromatic N) is 1. The smallest absolute Gasteiger partial charge is 0.112 e. The van der Waals surface area contributed by atoms with Gasteiger partial charge >= 0.3 is 0 Å². The van der Waals surface area contributed by atoms with Crippen LogP contribution in [-0.2, 0) is 4.74 Å². The van der Waals surface area contributed by atoms with Crippen LogP contribution in [0.5, 0.6) is 0 Å². The Bertz CT molecular complexity index is 165. The molecular weight excluding hydrogens is 157 g/mol. The maximum absolute atomic E-state index is 13.0. The molecule has 2 nitrogen and oxygen atoms in total. The average molecular weight is 173 g/mol. The van der Waals surface area contributed by atoms with Crippen molar-refractivity contribution in [2.75, 3.05) is 19.7 Å². The highest BCUT2D eigenvalue weighted by Gasteiger charge is 2.39. The summed E-state index contributed by atoms with van der Waals surface area (Å²) in [4.78, 5) is 2.24. The van der Waals surface area contributed by atoms with Gasteiger partial charge in [-0.25, -0.2) is 4.39 Å². The first-order chi connectivity index (χ1) is 5.79. The van der Waals surface area contributed by atoms with Crippen molar-refractivity contribution in [1.29, 1.82) is 0 Å². The van der Waals surface area contributed by atoms with Gasteiger partial charge in [-0.2, -0.15) is 0 Å². The Morgan fingerprint density at radius 3 is 3.00 bits per heavy atom. The maximum atomic E-state index is 13.0. The van der Waals surface area contributed by atoms with Crippen molar-refractivity contribution in [3.05, 3.63) is 0 Å². The van der Waals surface area contributed by atoms with Gasteiger partial charge in [0, 0.05) is 19.1 Å². The summed E-state index contributed by atoms with van der Waals surface area (Å²) in [5.41, 5.74) is 0. The van der Waals surface area contributed by atoms with Gasteiger partial charge in [0.25, 0.3) is 0 Å². The molecule has 3 heteroatoms. The molecule has 0 aromatic heterocycles. The summed E-state index contributed by atoms with van der Waals surface area (Å²) in [5, 5.41) is 0. The van der Waals surface area contributed by atoms with Crippen LogP contribution in [0.2, 0.25) is 0 Å². The Morgan fingerprint density at radius 1 is 1.67 bits per heavy atom. The number of alkyl halides is 1. The Morgan fingerprint density at radius 2 is 2.50 bits per heavy atom. The highest BCUT2D eigenvalue weighted by molar-refractivity contribution is 4.91. The topological polar surface area (TPSA) is 12.5 Å². The van der Waals surface area contributed by atoms with Crippen LogP contribution in [-0.4, -0.2) is 42.9 Å². The van der Waals surface area contributed by atoms with E-state index < -0.39 is 6.17 Å². The first-order valence-corrected chi connectivity index (χ1v) is 4.79. The van der Waals surface area contributed by atoms with Crippen molar-refractivity contribution in [1.82, 2.24) is 4.90 Å². The second-order valence-corrected chi connectivity index (χ2v) is 3.80. The minimum Gasteiger partial charge on any atom is -0.375 e. The zero-order chi connectivity index (χ0) is 8.55. The molecule has 0 amide bonds. The molecule has 0 aromatic rings. The van der Waals surface area contributed by atoms with Gasteiger partial charge in [-0.3, -0.25) is 4.90 Å². The molecule has 2 heterocycles. The van der Waals surface area contributed by atoms with Crippen molar-refractivity contribution in [3.63, 3.8) is 0 Å². The number of morpholine rings is 1. The molecule has 2 saturated heterocycles. The van der Waals surface area contributed by atoms with Gasteiger partial charge in [-0.15, -0.1) is 0 Å². The van der Waals surface area contributed by atoms with Crippen molar-refractivity contribution >= 4 is 0 Å². The fraction of sp³-hybridized carbons (Fsp3) is 1.00. The molecular formula is C9H16FNO. The Hall–Kier alpha value is -0.150. The van der Waals surface area contributed by atoms with E-state index in [1.165, 1.54) is 0 Å². The van der Waals surface area contributed by atoms with E-state index in [4.69, 9.17) is 4.74 Å². The summed E-state index contributed by atoms with van der Waals surface area (Å²) in [6.07, 6.45) is 1.51. The molecule has 12 heavy (non-hydrogen) atoms. The summed E-state index contributed by atoms with van der Waals surface area (Å²) in [6.45, 7) is 4.28. The number of ether oxygens (including phenoxy) is 1. The van der Waals surface area contributed by atoms with E-state index in [9.17, 15) is 4.39 Å². The summed E-state index contributed by atoms with van der Waals surface area (Å²) < 4.78 is 18.5. The fourth-order valence-electron chi connectivity index (χ4n) is 2.09. The predicted molar refractivity (Wildman–Crippen MR) is 44.9 cm³/mol. The fourth-order valence-corrected chi connectivity index (χ4v) is 2.09. The van der Waals surface area contributed by atoms with Crippen LogP contribution in [0, 0.1) is 0 Å². The zero-order valence-electron chi connectivity index (χ0n) is 7.50. The molecule has 70 valence electrons. The van der Waals surface area contributed by atoms with Gasteiger partial charge in [-0.1, -0.05) is 6.92 Å². The molecule has 3 unspecified atom stereocenters. The number of likely N-dealkylation sites (tertiary alicyclic amines) is 1. The first kappa shape index (κ1) is 8.45. The number of fused-ring (bicyclic) bond motifs is 2. The lowest BCUT2D eigenvalue weighted by Crippen LogP contribution is -2.40. The summed E-state index contributed by atoms with van der Waals surface area (Å²) >= 11 is 0. The minimum absolute atomic E-state index is 0.402. The van der Waals surface area contributed by atoms with Gasteiger partial charge in [0.2, 0.25) is 0 Å². The second-order valence-electron chi connectivity index (χ2n) is 3.80. The van der Waals surface area contributed by atoms with Crippen LogP contribution in [0.15, 0.2) is 0 Å². The van der Waals surface area contributed by atoms with Crippen LogP contribution in [0.3, 0.4) is 0 Å². The Labute approximate surface area is 72.7 Å². The molecule has 0 saturated carbocycles. The molecule has 3 atom stereocenters. The summed E-state index contributed by atoms with van der Waals surface area (Å²) in [6, 6.07) is 0.514. The van der Waals surface area contributed by atoms with Crippen molar-refractivity contribution < 1.29 is 9.13 Å². The molecule has 2 bridgehead atoms. The number of rotatable bonds is 3.